The quantitative estimate of drug-likeness (QED) is 0.831. The molecule has 94 valence electrons. The van der Waals surface area contributed by atoms with E-state index in [1.54, 1.807) is 12.1 Å². The van der Waals surface area contributed by atoms with Crippen LogP contribution in [0.5, 0.6) is 0 Å². The lowest BCUT2D eigenvalue weighted by atomic mass is 10.0. The molecular weight excluding hydrogens is 363 g/mol. The molecule has 1 nitrogen and oxygen atoms in total. The normalized spacial score (nSPS) is 12.4. The van der Waals surface area contributed by atoms with Gasteiger partial charge in [-0.25, -0.2) is 4.39 Å². The number of halogens is 3. The number of aliphatic hydroxyl groups excluding tert-OH is 1. The standard InChI is InChI=1S/C14H11Br2FO/c15-11-3-1-9(2-4-11)14(18)8-10-7-12(16)5-6-13(10)17/h1-7,14,18H,8H2. The van der Waals surface area contributed by atoms with Crippen LogP contribution in [0.15, 0.2) is 51.4 Å². The Hall–Kier alpha value is -0.710. The van der Waals surface area contributed by atoms with Crippen LogP contribution < -0.4 is 0 Å². The molecule has 0 saturated heterocycles. The van der Waals surface area contributed by atoms with Crippen LogP contribution in [0.2, 0.25) is 0 Å². The second-order valence-electron chi connectivity index (χ2n) is 4.01. The van der Waals surface area contributed by atoms with E-state index in [2.05, 4.69) is 31.9 Å². The maximum absolute atomic E-state index is 13.6. The summed E-state index contributed by atoms with van der Waals surface area (Å²) in [4.78, 5) is 0. The summed E-state index contributed by atoms with van der Waals surface area (Å²) < 4.78 is 15.3. The molecule has 0 radical (unpaired) electrons. The predicted octanol–water partition coefficient (Wildman–Crippen LogP) is 4.63. The third kappa shape index (κ3) is 3.40. The van der Waals surface area contributed by atoms with Gasteiger partial charge >= 0.3 is 0 Å². The predicted molar refractivity (Wildman–Crippen MR) is 76.9 cm³/mol. The van der Waals surface area contributed by atoms with Gasteiger partial charge in [0.25, 0.3) is 0 Å². The summed E-state index contributed by atoms with van der Waals surface area (Å²) >= 11 is 6.63. The van der Waals surface area contributed by atoms with Gasteiger partial charge in [0, 0.05) is 15.4 Å². The molecule has 0 aliphatic heterocycles. The smallest absolute Gasteiger partial charge is 0.126 e. The Balaban J connectivity index is 2.18. The molecule has 0 amide bonds. The zero-order chi connectivity index (χ0) is 13.1. The van der Waals surface area contributed by atoms with Gasteiger partial charge in [-0.2, -0.15) is 0 Å². The summed E-state index contributed by atoms with van der Waals surface area (Å²) in [6.45, 7) is 0. The van der Waals surface area contributed by atoms with Crippen molar-refractivity contribution in [2.75, 3.05) is 0 Å². The first-order valence-electron chi connectivity index (χ1n) is 5.44. The zero-order valence-electron chi connectivity index (χ0n) is 9.41. The lowest BCUT2D eigenvalue weighted by molar-refractivity contribution is 0.177. The van der Waals surface area contributed by atoms with Gasteiger partial charge in [-0.05, 0) is 41.5 Å². The molecule has 0 aliphatic carbocycles. The molecule has 0 aromatic heterocycles. The first-order valence-corrected chi connectivity index (χ1v) is 7.02. The van der Waals surface area contributed by atoms with Crippen molar-refractivity contribution in [1.82, 2.24) is 0 Å². The van der Waals surface area contributed by atoms with Gasteiger partial charge in [0.05, 0.1) is 6.10 Å². The molecule has 0 aliphatic rings. The summed E-state index contributed by atoms with van der Waals surface area (Å²) in [5, 5.41) is 10.1. The summed E-state index contributed by atoms with van der Waals surface area (Å²) in [6.07, 6.45) is -0.450. The van der Waals surface area contributed by atoms with Crippen molar-refractivity contribution in [3.8, 4) is 0 Å². The van der Waals surface area contributed by atoms with Crippen molar-refractivity contribution in [3.63, 3.8) is 0 Å². The van der Waals surface area contributed by atoms with Crippen LogP contribution in [0.25, 0.3) is 0 Å². The third-order valence-electron chi connectivity index (χ3n) is 2.68. The van der Waals surface area contributed by atoms with Crippen LogP contribution in [-0.4, -0.2) is 5.11 Å². The number of benzene rings is 2. The fourth-order valence-corrected chi connectivity index (χ4v) is 2.38. The van der Waals surface area contributed by atoms with Gasteiger partial charge in [0.15, 0.2) is 0 Å². The summed E-state index contributed by atoms with van der Waals surface area (Å²) in [6, 6.07) is 12.1. The second-order valence-corrected chi connectivity index (χ2v) is 5.84. The Morgan fingerprint density at radius 2 is 1.61 bits per heavy atom. The molecule has 0 heterocycles. The van der Waals surface area contributed by atoms with Crippen LogP contribution >= 0.6 is 31.9 Å². The van der Waals surface area contributed by atoms with E-state index in [1.807, 2.05) is 24.3 Å². The molecular formula is C14H11Br2FO. The average Bonchev–Trinajstić information content (AvgIpc) is 2.34. The van der Waals surface area contributed by atoms with Gasteiger partial charge in [0.1, 0.15) is 5.82 Å². The molecule has 18 heavy (non-hydrogen) atoms. The van der Waals surface area contributed by atoms with Crippen LogP contribution in [0.1, 0.15) is 17.2 Å². The molecule has 2 rings (SSSR count). The Morgan fingerprint density at radius 3 is 2.28 bits per heavy atom. The Morgan fingerprint density at radius 1 is 1.00 bits per heavy atom. The van der Waals surface area contributed by atoms with Crippen molar-refractivity contribution in [1.29, 1.82) is 0 Å². The Labute approximate surface area is 122 Å². The monoisotopic (exact) mass is 372 g/mol. The van der Waals surface area contributed by atoms with Gasteiger partial charge in [-0.15, -0.1) is 0 Å². The summed E-state index contributed by atoms with van der Waals surface area (Å²) in [5.41, 5.74) is 1.28. The van der Waals surface area contributed by atoms with E-state index >= 15 is 0 Å². The minimum absolute atomic E-state index is 0.257. The first kappa shape index (κ1) is 13.7. The van der Waals surface area contributed by atoms with E-state index in [-0.39, 0.29) is 12.2 Å². The Kier molecular flexibility index (Phi) is 4.54. The number of hydrogen-bond donors (Lipinski definition) is 1. The third-order valence-corrected chi connectivity index (χ3v) is 3.70. The SMILES string of the molecule is OC(Cc1cc(Br)ccc1F)c1ccc(Br)cc1. The minimum atomic E-state index is -0.707. The highest BCUT2D eigenvalue weighted by molar-refractivity contribution is 9.10. The molecule has 4 heteroatoms. The lowest BCUT2D eigenvalue weighted by Crippen LogP contribution is -2.03. The molecule has 0 spiro atoms. The molecule has 2 aromatic carbocycles. The van der Waals surface area contributed by atoms with Gasteiger partial charge in [-0.1, -0.05) is 44.0 Å². The minimum Gasteiger partial charge on any atom is -0.388 e. The number of rotatable bonds is 3. The molecule has 1 N–H and O–H groups in total. The maximum Gasteiger partial charge on any atom is 0.126 e. The highest BCUT2D eigenvalue weighted by atomic mass is 79.9. The van der Waals surface area contributed by atoms with E-state index in [1.165, 1.54) is 6.07 Å². The molecule has 0 saturated carbocycles. The molecule has 1 atom stereocenters. The van der Waals surface area contributed by atoms with E-state index in [4.69, 9.17) is 0 Å². The van der Waals surface area contributed by atoms with Gasteiger partial charge in [-0.3, -0.25) is 0 Å². The lowest BCUT2D eigenvalue weighted by Gasteiger charge is -2.12. The van der Waals surface area contributed by atoms with E-state index < -0.39 is 6.10 Å². The number of aliphatic hydroxyl groups is 1. The maximum atomic E-state index is 13.6. The molecule has 0 fully saturated rings. The molecule has 1 unspecified atom stereocenters. The fourth-order valence-electron chi connectivity index (χ4n) is 1.71. The van der Waals surface area contributed by atoms with E-state index in [9.17, 15) is 9.50 Å². The van der Waals surface area contributed by atoms with Gasteiger partial charge in [0.2, 0.25) is 0 Å². The highest BCUT2D eigenvalue weighted by Gasteiger charge is 2.12. The zero-order valence-corrected chi connectivity index (χ0v) is 12.6. The topological polar surface area (TPSA) is 20.2 Å². The van der Waals surface area contributed by atoms with Crippen molar-refractivity contribution < 1.29 is 9.50 Å². The van der Waals surface area contributed by atoms with Crippen LogP contribution in [0, 0.1) is 5.82 Å². The van der Waals surface area contributed by atoms with Crippen molar-refractivity contribution in [2.45, 2.75) is 12.5 Å². The van der Waals surface area contributed by atoms with Crippen molar-refractivity contribution in [3.05, 3.63) is 68.4 Å². The van der Waals surface area contributed by atoms with Crippen molar-refractivity contribution in [2.24, 2.45) is 0 Å². The van der Waals surface area contributed by atoms with Crippen molar-refractivity contribution >= 4 is 31.9 Å². The van der Waals surface area contributed by atoms with Crippen LogP contribution in [0.3, 0.4) is 0 Å². The highest BCUT2D eigenvalue weighted by Crippen LogP contribution is 2.23. The van der Waals surface area contributed by atoms with Crippen LogP contribution in [0.4, 0.5) is 4.39 Å². The van der Waals surface area contributed by atoms with E-state index in [0.717, 1.165) is 14.5 Å². The van der Waals surface area contributed by atoms with E-state index in [0.29, 0.717) is 5.56 Å². The summed E-state index contributed by atoms with van der Waals surface area (Å²) in [5.74, 6) is -0.297. The van der Waals surface area contributed by atoms with Crippen LogP contribution in [-0.2, 0) is 6.42 Å². The second kappa shape index (κ2) is 5.95. The fraction of sp³-hybridized carbons (Fsp3) is 0.143. The molecule has 2 aromatic rings. The molecule has 0 bridgehead atoms. The van der Waals surface area contributed by atoms with Gasteiger partial charge < -0.3 is 5.11 Å². The first-order chi connectivity index (χ1) is 8.56. The average molecular weight is 374 g/mol. The Bertz CT molecular complexity index is 540. The number of hydrogen-bond acceptors (Lipinski definition) is 1. The summed E-state index contributed by atoms with van der Waals surface area (Å²) in [7, 11) is 0. The largest absolute Gasteiger partial charge is 0.388 e.